The molecule has 2 aromatic carbocycles. The summed E-state index contributed by atoms with van der Waals surface area (Å²) in [7, 11) is 0. The Morgan fingerprint density at radius 1 is 1.12 bits per heavy atom. The Labute approximate surface area is 105 Å². The normalized spacial score (nSPS) is 20.4. The van der Waals surface area contributed by atoms with Crippen LogP contribution in [-0.2, 0) is 4.74 Å². The maximum atomic E-state index is 5.54. The second-order valence-corrected chi connectivity index (χ2v) is 5.28. The maximum absolute atomic E-state index is 5.54. The van der Waals surface area contributed by atoms with Crippen LogP contribution in [0.4, 0.5) is 0 Å². The minimum Gasteiger partial charge on any atom is -0.363 e. The highest BCUT2D eigenvalue weighted by atomic mass is 32.2. The van der Waals surface area contributed by atoms with Crippen LogP contribution in [0.25, 0.3) is 16.8 Å². The van der Waals surface area contributed by atoms with Crippen LogP contribution < -0.4 is 0 Å². The zero-order valence-corrected chi connectivity index (χ0v) is 10.3. The van der Waals surface area contributed by atoms with Crippen LogP contribution in [0, 0.1) is 0 Å². The second-order valence-electron chi connectivity index (χ2n) is 4.08. The molecule has 0 radical (unpaired) electrons. The molecule has 1 aliphatic heterocycles. The summed E-state index contributed by atoms with van der Waals surface area (Å²) in [6, 6.07) is 15.0. The summed E-state index contributed by atoms with van der Waals surface area (Å²) >= 11 is 1.86. The van der Waals surface area contributed by atoms with Crippen LogP contribution in [0.2, 0.25) is 0 Å². The van der Waals surface area contributed by atoms with Crippen LogP contribution in [0.5, 0.6) is 0 Å². The first-order chi connectivity index (χ1) is 8.42. The Hall–Kier alpha value is -1.25. The number of benzene rings is 2. The quantitative estimate of drug-likeness (QED) is 0.788. The van der Waals surface area contributed by atoms with Gasteiger partial charge in [0.1, 0.15) is 5.44 Å². The van der Waals surface area contributed by atoms with E-state index in [-0.39, 0.29) is 5.44 Å². The van der Waals surface area contributed by atoms with Gasteiger partial charge in [0.05, 0.1) is 6.61 Å². The van der Waals surface area contributed by atoms with Gasteiger partial charge in [-0.3, -0.25) is 0 Å². The van der Waals surface area contributed by atoms with Crippen molar-refractivity contribution in [1.82, 2.24) is 0 Å². The van der Waals surface area contributed by atoms with Gasteiger partial charge >= 0.3 is 0 Å². The molecule has 1 heterocycles. The molecule has 0 N–H and O–H groups in total. The average Bonchev–Trinajstić information content (AvgIpc) is 2.89. The molecule has 2 aromatic rings. The van der Waals surface area contributed by atoms with Crippen molar-refractivity contribution in [2.45, 2.75) is 5.44 Å². The van der Waals surface area contributed by atoms with E-state index in [1.54, 1.807) is 0 Å². The summed E-state index contributed by atoms with van der Waals surface area (Å²) in [5.41, 5.74) is 1.47. The first-order valence-electron chi connectivity index (χ1n) is 5.82. The molecule has 0 bridgehead atoms. The topological polar surface area (TPSA) is 9.23 Å². The average molecular weight is 242 g/mol. The van der Waals surface area contributed by atoms with Gasteiger partial charge in [-0.05, 0) is 28.5 Å². The van der Waals surface area contributed by atoms with Gasteiger partial charge in [0, 0.05) is 5.75 Å². The number of rotatable bonds is 2. The predicted molar refractivity (Wildman–Crippen MR) is 75.2 cm³/mol. The Morgan fingerprint density at radius 2 is 2.00 bits per heavy atom. The highest BCUT2D eigenvalue weighted by Crippen LogP contribution is 2.22. The van der Waals surface area contributed by atoms with Crippen molar-refractivity contribution in [3.8, 4) is 0 Å². The molecule has 1 fully saturated rings. The van der Waals surface area contributed by atoms with Crippen LogP contribution in [-0.4, -0.2) is 17.8 Å². The van der Waals surface area contributed by atoms with Crippen molar-refractivity contribution in [3.05, 3.63) is 54.1 Å². The molecule has 1 saturated heterocycles. The molecule has 0 aromatic heterocycles. The fourth-order valence-electron chi connectivity index (χ4n) is 1.99. The van der Waals surface area contributed by atoms with E-state index in [1.165, 1.54) is 16.3 Å². The first-order valence-corrected chi connectivity index (χ1v) is 6.87. The largest absolute Gasteiger partial charge is 0.363 e. The van der Waals surface area contributed by atoms with E-state index in [2.05, 4.69) is 54.6 Å². The third kappa shape index (κ3) is 2.54. The Bertz CT molecular complexity index is 541. The van der Waals surface area contributed by atoms with Gasteiger partial charge in [-0.2, -0.15) is 0 Å². The molecule has 2 heteroatoms. The minimum atomic E-state index is 0.237. The molecule has 86 valence electrons. The van der Waals surface area contributed by atoms with Gasteiger partial charge in [-0.25, -0.2) is 0 Å². The van der Waals surface area contributed by atoms with E-state index in [4.69, 9.17) is 4.74 Å². The zero-order chi connectivity index (χ0) is 11.5. The van der Waals surface area contributed by atoms with Gasteiger partial charge in [-0.15, -0.1) is 11.8 Å². The van der Waals surface area contributed by atoms with Crippen molar-refractivity contribution >= 4 is 28.6 Å². The molecular formula is C15H14OS. The lowest BCUT2D eigenvalue weighted by atomic mass is 10.1. The smallest absolute Gasteiger partial charge is 0.121 e. The molecule has 1 nitrogen and oxygen atoms in total. The van der Waals surface area contributed by atoms with E-state index in [1.807, 2.05) is 11.8 Å². The van der Waals surface area contributed by atoms with Crippen molar-refractivity contribution in [2.24, 2.45) is 0 Å². The number of hydrogen-bond acceptors (Lipinski definition) is 2. The van der Waals surface area contributed by atoms with E-state index in [0.717, 1.165) is 12.4 Å². The lowest BCUT2D eigenvalue weighted by Gasteiger charge is -2.02. The summed E-state index contributed by atoms with van der Waals surface area (Å²) in [4.78, 5) is 0. The summed E-state index contributed by atoms with van der Waals surface area (Å²) in [6.07, 6.45) is 4.29. The number of hydrogen-bond donors (Lipinski definition) is 0. The third-order valence-electron chi connectivity index (χ3n) is 2.87. The van der Waals surface area contributed by atoms with Crippen LogP contribution in [0.3, 0.4) is 0 Å². The van der Waals surface area contributed by atoms with Gasteiger partial charge in [0.2, 0.25) is 0 Å². The second kappa shape index (κ2) is 4.94. The van der Waals surface area contributed by atoms with Crippen molar-refractivity contribution < 1.29 is 4.74 Å². The fourth-order valence-corrected chi connectivity index (χ4v) is 2.80. The predicted octanol–water partition coefficient (Wildman–Crippen LogP) is 3.94. The van der Waals surface area contributed by atoms with Gasteiger partial charge in [-0.1, -0.05) is 42.5 Å². The SMILES string of the molecule is C(=C\C1OCCS1)/c1ccc2ccccc2c1. The monoisotopic (exact) mass is 242 g/mol. The van der Waals surface area contributed by atoms with Crippen molar-refractivity contribution in [3.63, 3.8) is 0 Å². The van der Waals surface area contributed by atoms with E-state index < -0.39 is 0 Å². The summed E-state index contributed by atoms with van der Waals surface area (Å²) < 4.78 is 5.54. The summed E-state index contributed by atoms with van der Waals surface area (Å²) in [6.45, 7) is 0.872. The molecule has 1 aliphatic rings. The lowest BCUT2D eigenvalue weighted by molar-refractivity contribution is 0.173. The summed E-state index contributed by atoms with van der Waals surface area (Å²) in [5, 5.41) is 2.57. The Kier molecular flexibility index (Phi) is 3.16. The summed E-state index contributed by atoms with van der Waals surface area (Å²) in [5.74, 6) is 1.10. The highest BCUT2D eigenvalue weighted by Gasteiger charge is 2.11. The van der Waals surface area contributed by atoms with Crippen LogP contribution in [0.1, 0.15) is 5.56 Å². The van der Waals surface area contributed by atoms with E-state index in [0.29, 0.717) is 0 Å². The van der Waals surface area contributed by atoms with Crippen LogP contribution >= 0.6 is 11.8 Å². The Morgan fingerprint density at radius 3 is 2.82 bits per heavy atom. The molecule has 0 amide bonds. The number of fused-ring (bicyclic) bond motifs is 1. The van der Waals surface area contributed by atoms with E-state index >= 15 is 0 Å². The van der Waals surface area contributed by atoms with Crippen molar-refractivity contribution in [1.29, 1.82) is 0 Å². The minimum absolute atomic E-state index is 0.237. The van der Waals surface area contributed by atoms with Gasteiger partial charge < -0.3 is 4.74 Å². The molecule has 3 rings (SSSR count). The van der Waals surface area contributed by atoms with Gasteiger partial charge in [0.25, 0.3) is 0 Å². The van der Waals surface area contributed by atoms with Crippen molar-refractivity contribution in [2.75, 3.05) is 12.4 Å². The first kappa shape index (κ1) is 10.9. The number of ether oxygens (including phenoxy) is 1. The molecular weight excluding hydrogens is 228 g/mol. The molecule has 1 unspecified atom stereocenters. The molecule has 0 saturated carbocycles. The van der Waals surface area contributed by atoms with Crippen LogP contribution in [0.15, 0.2) is 48.5 Å². The van der Waals surface area contributed by atoms with E-state index in [9.17, 15) is 0 Å². The molecule has 17 heavy (non-hydrogen) atoms. The molecule has 1 atom stereocenters. The number of thioether (sulfide) groups is 1. The maximum Gasteiger partial charge on any atom is 0.121 e. The Balaban J connectivity index is 1.85. The lowest BCUT2D eigenvalue weighted by Crippen LogP contribution is -1.94. The van der Waals surface area contributed by atoms with Gasteiger partial charge in [0.15, 0.2) is 0 Å². The zero-order valence-electron chi connectivity index (χ0n) is 9.50. The fraction of sp³-hybridized carbons (Fsp3) is 0.200. The third-order valence-corrected chi connectivity index (χ3v) is 3.89. The molecule has 0 spiro atoms. The standard InChI is InChI=1S/C15H14OS/c1-2-4-14-11-12(5-7-13(14)3-1)6-8-15-16-9-10-17-15/h1-8,11,15H,9-10H2/b8-6+. The molecule has 0 aliphatic carbocycles. The highest BCUT2D eigenvalue weighted by molar-refractivity contribution is 8.00.